The van der Waals surface area contributed by atoms with Crippen LogP contribution in [0.25, 0.3) is 22.1 Å². The van der Waals surface area contributed by atoms with Crippen molar-refractivity contribution >= 4 is 16.8 Å². The third kappa shape index (κ3) is 2.54. The number of ketones is 1. The van der Waals surface area contributed by atoms with Gasteiger partial charge < -0.3 is 9.52 Å². The van der Waals surface area contributed by atoms with Crippen LogP contribution in [0.5, 0.6) is 5.75 Å². The molecule has 0 saturated heterocycles. The maximum absolute atomic E-state index is 12.6. The quantitative estimate of drug-likeness (QED) is 0.570. The summed E-state index contributed by atoms with van der Waals surface area (Å²) in [5, 5.41) is 9.91. The molecule has 2 aromatic carbocycles. The molecular formula is C17H9F3O4. The Hall–Kier alpha value is -3.09. The first-order valence-electron chi connectivity index (χ1n) is 6.76. The van der Waals surface area contributed by atoms with Crippen molar-refractivity contribution in [1.29, 1.82) is 0 Å². The molecule has 1 N–H and O–H groups in total. The van der Waals surface area contributed by atoms with E-state index in [1.54, 1.807) is 36.4 Å². The van der Waals surface area contributed by atoms with Gasteiger partial charge in [0.25, 0.3) is 5.78 Å². The Kier molecular flexibility index (Phi) is 3.63. The van der Waals surface area contributed by atoms with E-state index < -0.39 is 28.9 Å². The molecule has 0 bridgehead atoms. The summed E-state index contributed by atoms with van der Waals surface area (Å²) in [6.45, 7) is 0. The Morgan fingerprint density at radius 1 is 1.00 bits per heavy atom. The maximum atomic E-state index is 12.6. The van der Waals surface area contributed by atoms with Gasteiger partial charge in [-0.1, -0.05) is 42.5 Å². The average Bonchev–Trinajstić information content (AvgIpc) is 2.54. The first-order chi connectivity index (χ1) is 11.3. The molecule has 7 heteroatoms. The van der Waals surface area contributed by atoms with Gasteiger partial charge in [-0.3, -0.25) is 4.79 Å². The van der Waals surface area contributed by atoms with E-state index in [-0.39, 0.29) is 11.0 Å². The van der Waals surface area contributed by atoms with Gasteiger partial charge in [-0.2, -0.15) is 13.2 Å². The van der Waals surface area contributed by atoms with Crippen molar-refractivity contribution in [2.24, 2.45) is 0 Å². The highest BCUT2D eigenvalue weighted by Gasteiger charge is 2.43. The fourth-order valence-corrected chi connectivity index (χ4v) is 2.40. The lowest BCUT2D eigenvalue weighted by molar-refractivity contribution is -0.0888. The fourth-order valence-electron chi connectivity index (χ4n) is 2.40. The number of para-hydroxylation sites is 1. The van der Waals surface area contributed by atoms with E-state index in [9.17, 15) is 27.9 Å². The van der Waals surface area contributed by atoms with E-state index in [0.29, 0.717) is 11.1 Å². The van der Waals surface area contributed by atoms with Crippen LogP contribution >= 0.6 is 0 Å². The summed E-state index contributed by atoms with van der Waals surface area (Å²) in [5.41, 5.74) is -2.00. The van der Waals surface area contributed by atoms with Gasteiger partial charge >= 0.3 is 11.8 Å². The third-order valence-electron chi connectivity index (χ3n) is 3.48. The molecule has 24 heavy (non-hydrogen) atoms. The van der Waals surface area contributed by atoms with Crippen LogP contribution in [0.1, 0.15) is 10.4 Å². The highest BCUT2D eigenvalue weighted by atomic mass is 19.4. The smallest absolute Gasteiger partial charge is 0.455 e. The van der Waals surface area contributed by atoms with Crippen LogP contribution in [0.4, 0.5) is 13.2 Å². The summed E-state index contributed by atoms with van der Waals surface area (Å²) in [7, 11) is 0. The number of carbonyl (C=O) groups excluding carboxylic acids is 1. The van der Waals surface area contributed by atoms with Crippen LogP contribution in [0, 0.1) is 0 Å². The molecule has 0 atom stereocenters. The Labute approximate surface area is 132 Å². The van der Waals surface area contributed by atoms with Gasteiger partial charge in [0.05, 0.1) is 5.39 Å². The second-order valence-electron chi connectivity index (χ2n) is 4.99. The molecule has 0 saturated carbocycles. The van der Waals surface area contributed by atoms with E-state index in [4.69, 9.17) is 4.42 Å². The largest absolute Gasteiger partial charge is 0.506 e. The molecule has 0 aliphatic rings. The van der Waals surface area contributed by atoms with Crippen LogP contribution in [0.15, 0.2) is 57.7 Å². The maximum Gasteiger partial charge on any atom is 0.455 e. The minimum Gasteiger partial charge on any atom is -0.506 e. The molecule has 0 spiro atoms. The highest BCUT2D eigenvalue weighted by Crippen LogP contribution is 2.35. The van der Waals surface area contributed by atoms with Gasteiger partial charge in [-0.05, 0) is 11.6 Å². The van der Waals surface area contributed by atoms with Crippen molar-refractivity contribution in [3.05, 3.63) is 64.5 Å². The first kappa shape index (κ1) is 15.8. The number of fused-ring (bicyclic) bond motifs is 1. The van der Waals surface area contributed by atoms with Gasteiger partial charge in [-0.15, -0.1) is 0 Å². The molecule has 1 aromatic heterocycles. The average molecular weight is 334 g/mol. The summed E-state index contributed by atoms with van der Waals surface area (Å²) in [4.78, 5) is 23.2. The molecule has 0 aliphatic heterocycles. The van der Waals surface area contributed by atoms with Crippen LogP contribution in [0.2, 0.25) is 0 Å². The Morgan fingerprint density at radius 2 is 1.67 bits per heavy atom. The van der Waals surface area contributed by atoms with E-state index >= 15 is 0 Å². The molecule has 122 valence electrons. The number of aromatic hydroxyl groups is 1. The van der Waals surface area contributed by atoms with Gasteiger partial charge in [0.1, 0.15) is 11.3 Å². The molecule has 3 aromatic rings. The molecule has 4 nitrogen and oxygen atoms in total. The molecule has 0 radical (unpaired) electrons. The SMILES string of the molecule is O=C(c1c(O)c2cccc(-c3ccccc3)c2oc1=O)C(F)(F)F. The van der Waals surface area contributed by atoms with Crippen LogP contribution in [-0.4, -0.2) is 17.1 Å². The zero-order valence-corrected chi connectivity index (χ0v) is 11.9. The minimum absolute atomic E-state index is 0.0927. The van der Waals surface area contributed by atoms with E-state index in [1.807, 2.05) is 0 Å². The van der Waals surface area contributed by atoms with Crippen LogP contribution < -0.4 is 5.63 Å². The Balaban J connectivity index is 2.34. The number of halogens is 3. The summed E-state index contributed by atoms with van der Waals surface area (Å²) < 4.78 is 42.7. The monoisotopic (exact) mass is 334 g/mol. The third-order valence-corrected chi connectivity index (χ3v) is 3.48. The van der Waals surface area contributed by atoms with E-state index in [2.05, 4.69) is 0 Å². The summed E-state index contributed by atoms with van der Waals surface area (Å²) in [5.74, 6) is -3.48. The van der Waals surface area contributed by atoms with Crippen LogP contribution in [-0.2, 0) is 0 Å². The standard InChI is InChI=1S/C17H9F3O4/c18-17(19,20)15(22)12-13(21)11-8-4-7-10(14(11)24-16(12)23)9-5-2-1-3-6-9/h1-8,21H. The number of carbonyl (C=O) groups is 1. The first-order valence-corrected chi connectivity index (χ1v) is 6.76. The molecule has 0 amide bonds. The Morgan fingerprint density at radius 3 is 2.29 bits per heavy atom. The highest BCUT2D eigenvalue weighted by molar-refractivity contribution is 6.07. The number of hydrogen-bond acceptors (Lipinski definition) is 4. The minimum atomic E-state index is -5.29. The van der Waals surface area contributed by atoms with Gasteiger partial charge in [0.2, 0.25) is 0 Å². The predicted octanol–water partition coefficient (Wildman–Crippen LogP) is 3.91. The fraction of sp³-hybridized carbons (Fsp3) is 0.0588. The predicted molar refractivity (Wildman–Crippen MR) is 80.0 cm³/mol. The van der Waals surface area contributed by atoms with Crippen LogP contribution in [0.3, 0.4) is 0 Å². The lowest BCUT2D eigenvalue weighted by atomic mass is 10.0. The number of rotatable bonds is 2. The second-order valence-corrected chi connectivity index (χ2v) is 4.99. The summed E-state index contributed by atoms with van der Waals surface area (Å²) >= 11 is 0. The van der Waals surface area contributed by atoms with Crippen molar-refractivity contribution in [2.75, 3.05) is 0 Å². The summed E-state index contributed by atoms with van der Waals surface area (Å²) in [6, 6.07) is 13.0. The van der Waals surface area contributed by atoms with Crippen molar-refractivity contribution in [1.82, 2.24) is 0 Å². The second kappa shape index (κ2) is 5.52. The van der Waals surface area contributed by atoms with Crippen molar-refractivity contribution in [3.63, 3.8) is 0 Å². The van der Waals surface area contributed by atoms with Crippen molar-refractivity contribution in [3.8, 4) is 16.9 Å². The number of alkyl halides is 3. The molecule has 0 aliphatic carbocycles. The molecule has 0 fully saturated rings. The van der Waals surface area contributed by atoms with Crippen molar-refractivity contribution < 1.29 is 27.5 Å². The molecule has 0 unspecified atom stereocenters. The molecular weight excluding hydrogens is 325 g/mol. The lowest BCUT2D eigenvalue weighted by Gasteiger charge is -2.10. The van der Waals surface area contributed by atoms with Gasteiger partial charge in [0.15, 0.2) is 5.56 Å². The topological polar surface area (TPSA) is 67.5 Å². The lowest BCUT2D eigenvalue weighted by Crippen LogP contribution is -2.28. The number of Topliss-reactive ketones (excluding diaryl/α,β-unsaturated/α-hetero) is 1. The zero-order chi connectivity index (χ0) is 17.5. The van der Waals surface area contributed by atoms with E-state index in [1.165, 1.54) is 12.1 Å². The zero-order valence-electron chi connectivity index (χ0n) is 11.9. The Bertz CT molecular complexity index is 988. The normalized spacial score (nSPS) is 11.6. The van der Waals surface area contributed by atoms with E-state index in [0.717, 1.165) is 0 Å². The molecule has 1 heterocycles. The summed E-state index contributed by atoms with van der Waals surface area (Å²) in [6.07, 6.45) is -5.29. The van der Waals surface area contributed by atoms with Gasteiger partial charge in [-0.25, -0.2) is 4.79 Å². The number of hydrogen-bond donors (Lipinski definition) is 1. The molecule has 3 rings (SSSR count). The van der Waals surface area contributed by atoms with Gasteiger partial charge in [0, 0.05) is 5.56 Å². The van der Waals surface area contributed by atoms with Crippen molar-refractivity contribution in [2.45, 2.75) is 6.18 Å². The number of benzene rings is 2.